The molecule has 0 saturated heterocycles. The van der Waals surface area contributed by atoms with Gasteiger partial charge in [0.25, 0.3) is 0 Å². The number of benzene rings is 1. The zero-order valence-corrected chi connectivity index (χ0v) is 12.6. The molecular weight excluding hydrogens is 259 g/mol. The van der Waals surface area contributed by atoms with Crippen LogP contribution in [0.1, 0.15) is 33.7 Å². The first-order valence-electron chi connectivity index (χ1n) is 5.75. The summed E-state index contributed by atoms with van der Waals surface area (Å²) in [6.45, 7) is 4.53. The molecule has 0 saturated carbocycles. The quantitative estimate of drug-likeness (QED) is 0.744. The molecule has 0 heterocycles. The molecule has 1 aliphatic carbocycles. The maximum absolute atomic E-state index is 2.52. The number of aryl methyl sites for hydroxylation is 1. The van der Waals surface area contributed by atoms with Crippen LogP contribution in [0.4, 0.5) is 0 Å². The molecule has 0 spiro atoms. The molecule has 0 bridgehead atoms. The number of rotatable bonds is 2. The van der Waals surface area contributed by atoms with Gasteiger partial charge >= 0.3 is 101 Å². The average Bonchev–Trinajstić information content (AvgIpc) is 2.57. The summed E-state index contributed by atoms with van der Waals surface area (Å²) in [5.41, 5.74) is 6.30. The number of hydrogen-bond donors (Lipinski definition) is 0. The topological polar surface area (TPSA) is 0 Å². The molecule has 0 aromatic heterocycles. The third kappa shape index (κ3) is 1.91. The molecule has 1 aromatic carbocycles. The van der Waals surface area contributed by atoms with Gasteiger partial charge in [-0.05, 0) is 0 Å². The Kier molecular flexibility index (Phi) is 3.31. The zero-order chi connectivity index (χ0) is 11.0. The second-order valence-electron chi connectivity index (χ2n) is 4.66. The summed E-state index contributed by atoms with van der Waals surface area (Å²) < 4.78 is 5.90. The monoisotopic (exact) mass is 277 g/mol. The van der Waals surface area contributed by atoms with Gasteiger partial charge in [0, 0.05) is 0 Å². The van der Waals surface area contributed by atoms with E-state index in [1.54, 1.807) is 11.1 Å². The van der Waals surface area contributed by atoms with Gasteiger partial charge in [0.15, 0.2) is 0 Å². The van der Waals surface area contributed by atoms with Crippen LogP contribution < -0.4 is 0 Å². The van der Waals surface area contributed by atoms with Gasteiger partial charge in [0.2, 0.25) is 0 Å². The summed E-state index contributed by atoms with van der Waals surface area (Å²) in [6.07, 6.45) is 3.69. The first kappa shape index (κ1) is 11.3. The van der Waals surface area contributed by atoms with Gasteiger partial charge in [-0.1, -0.05) is 0 Å². The Labute approximate surface area is 101 Å². The fourth-order valence-electron chi connectivity index (χ4n) is 2.61. The van der Waals surface area contributed by atoms with E-state index in [0.717, 1.165) is 3.63 Å². The molecule has 0 aliphatic heterocycles. The summed E-state index contributed by atoms with van der Waals surface area (Å²) in [4.78, 5) is 0. The third-order valence-corrected chi connectivity index (χ3v) is 7.87. The van der Waals surface area contributed by atoms with Gasteiger partial charge < -0.3 is 0 Å². The van der Waals surface area contributed by atoms with Crippen molar-refractivity contribution in [1.29, 1.82) is 0 Å². The van der Waals surface area contributed by atoms with E-state index in [-0.39, 0.29) is 0 Å². The van der Waals surface area contributed by atoms with E-state index in [1.165, 1.54) is 17.5 Å². The molecule has 1 atom stereocenters. The molecule has 2 rings (SSSR count). The molecule has 15 heavy (non-hydrogen) atoms. The summed E-state index contributed by atoms with van der Waals surface area (Å²) >= 11 is -1.18. The molecule has 0 radical (unpaired) electrons. The Morgan fingerprint density at radius 3 is 2.60 bits per heavy atom. The van der Waals surface area contributed by atoms with E-state index in [9.17, 15) is 0 Å². The SMILES string of the molecule is CCC1=Cc2c(C)cccc2[CH]1[Zr]([CH3])[CH3]. The number of allylic oxidation sites excluding steroid dienone is 1. The summed E-state index contributed by atoms with van der Waals surface area (Å²) in [6, 6.07) is 6.80. The van der Waals surface area contributed by atoms with Crippen molar-refractivity contribution in [2.24, 2.45) is 0 Å². The third-order valence-electron chi connectivity index (χ3n) is 3.35. The van der Waals surface area contributed by atoms with Gasteiger partial charge in [-0.3, -0.25) is 0 Å². The van der Waals surface area contributed by atoms with Crippen LogP contribution in [0.25, 0.3) is 6.08 Å². The minimum absolute atomic E-state index is 0.854. The van der Waals surface area contributed by atoms with E-state index in [0.29, 0.717) is 0 Å². The van der Waals surface area contributed by atoms with Crippen LogP contribution in [-0.4, -0.2) is 0 Å². The van der Waals surface area contributed by atoms with Crippen molar-refractivity contribution in [3.8, 4) is 0 Å². The molecule has 0 amide bonds. The Morgan fingerprint density at radius 1 is 1.27 bits per heavy atom. The van der Waals surface area contributed by atoms with Crippen molar-refractivity contribution >= 4 is 6.08 Å². The Hall–Kier alpha value is -0.157. The first-order chi connectivity index (χ1) is 7.15. The van der Waals surface area contributed by atoms with E-state index >= 15 is 0 Å². The molecule has 0 N–H and O–H groups in total. The average molecular weight is 279 g/mol. The van der Waals surface area contributed by atoms with Crippen LogP contribution in [-0.2, 0) is 21.8 Å². The second kappa shape index (κ2) is 4.38. The van der Waals surface area contributed by atoms with Crippen molar-refractivity contribution < 1.29 is 21.8 Å². The van der Waals surface area contributed by atoms with Crippen molar-refractivity contribution in [3.05, 3.63) is 40.5 Å². The van der Waals surface area contributed by atoms with Gasteiger partial charge in [-0.25, -0.2) is 0 Å². The molecular formula is C14H19Zr. The predicted octanol–water partition coefficient (Wildman–Crippen LogP) is 4.56. The fraction of sp³-hybridized carbons (Fsp3) is 0.429. The second-order valence-corrected chi connectivity index (χ2v) is 11.4. The first-order valence-corrected chi connectivity index (χ1v) is 12.1. The molecule has 0 nitrogen and oxygen atoms in total. The number of fused-ring (bicyclic) bond motifs is 1. The van der Waals surface area contributed by atoms with Crippen LogP contribution in [0.5, 0.6) is 0 Å². The molecule has 1 heteroatoms. The normalized spacial score (nSPS) is 18.7. The molecule has 1 unspecified atom stereocenters. The van der Waals surface area contributed by atoms with Gasteiger partial charge in [-0.2, -0.15) is 0 Å². The summed E-state index contributed by atoms with van der Waals surface area (Å²) in [5, 5.41) is 0. The molecule has 79 valence electrons. The Balaban J connectivity index is 2.53. The molecule has 0 fully saturated rings. The minimum atomic E-state index is -1.18. The maximum atomic E-state index is 2.52. The van der Waals surface area contributed by atoms with E-state index in [1.807, 2.05) is 0 Å². The van der Waals surface area contributed by atoms with E-state index < -0.39 is 21.8 Å². The van der Waals surface area contributed by atoms with Crippen LogP contribution in [0.3, 0.4) is 0 Å². The van der Waals surface area contributed by atoms with Crippen molar-refractivity contribution in [2.75, 3.05) is 0 Å². The number of hydrogen-bond acceptors (Lipinski definition) is 0. The van der Waals surface area contributed by atoms with Crippen molar-refractivity contribution in [3.63, 3.8) is 0 Å². The summed E-state index contributed by atoms with van der Waals surface area (Å²) in [7, 11) is 0. The molecule has 1 aromatic rings. The van der Waals surface area contributed by atoms with Gasteiger partial charge in [-0.15, -0.1) is 0 Å². The summed E-state index contributed by atoms with van der Waals surface area (Å²) in [5.74, 6) is 0. The Morgan fingerprint density at radius 2 is 2.00 bits per heavy atom. The van der Waals surface area contributed by atoms with E-state index in [4.69, 9.17) is 0 Å². The standard InChI is InChI=1S/C12H13.2CH3.Zr/c1-3-10-7-11-6-4-5-9(2)12(11)8-10;;;/h4-8H,3H2,1-2H3;2*1H3;. The van der Waals surface area contributed by atoms with E-state index in [2.05, 4.69) is 47.4 Å². The van der Waals surface area contributed by atoms with Crippen molar-refractivity contribution in [1.82, 2.24) is 0 Å². The van der Waals surface area contributed by atoms with Crippen LogP contribution >= 0.6 is 0 Å². The fourth-order valence-corrected chi connectivity index (χ4v) is 7.29. The van der Waals surface area contributed by atoms with Crippen LogP contribution in [0.2, 0.25) is 9.26 Å². The zero-order valence-electron chi connectivity index (χ0n) is 10.1. The predicted molar refractivity (Wildman–Crippen MR) is 63.9 cm³/mol. The van der Waals surface area contributed by atoms with Crippen LogP contribution in [0, 0.1) is 6.92 Å². The van der Waals surface area contributed by atoms with Crippen molar-refractivity contribution in [2.45, 2.75) is 33.2 Å². The van der Waals surface area contributed by atoms with Gasteiger partial charge in [0.05, 0.1) is 0 Å². The van der Waals surface area contributed by atoms with Gasteiger partial charge in [0.1, 0.15) is 0 Å². The Bertz CT molecular complexity index is 402. The molecule has 1 aliphatic rings. The van der Waals surface area contributed by atoms with Crippen LogP contribution in [0.15, 0.2) is 23.8 Å².